The highest BCUT2D eigenvalue weighted by atomic mass is 35.5. The maximum absolute atomic E-state index is 12.5. The summed E-state index contributed by atoms with van der Waals surface area (Å²) in [6.45, 7) is 8.20. The van der Waals surface area contributed by atoms with Crippen LogP contribution in [0.2, 0.25) is 0 Å². The second kappa shape index (κ2) is 9.73. The van der Waals surface area contributed by atoms with Crippen LogP contribution in [0, 0.1) is 18.8 Å². The SMILES string of the molecule is Cc1cc(=O)c(C(=O)N[C@H]2CN(CCCC(=O)O)C[C@@H]2C(C)C)c[nH]1.Cl. The summed E-state index contributed by atoms with van der Waals surface area (Å²) in [5.74, 6) is -0.489. The number of aryl methyl sites for hydroxylation is 1. The number of carboxylic acids is 1. The van der Waals surface area contributed by atoms with Crippen LogP contribution in [-0.2, 0) is 4.79 Å². The van der Waals surface area contributed by atoms with Gasteiger partial charge in [-0.3, -0.25) is 14.4 Å². The molecule has 26 heavy (non-hydrogen) atoms. The van der Waals surface area contributed by atoms with Crippen LogP contribution >= 0.6 is 12.4 Å². The zero-order valence-electron chi connectivity index (χ0n) is 15.4. The lowest BCUT2D eigenvalue weighted by Gasteiger charge is -2.22. The molecule has 0 unspecified atom stereocenters. The van der Waals surface area contributed by atoms with Crippen LogP contribution < -0.4 is 10.7 Å². The number of aromatic amines is 1. The summed E-state index contributed by atoms with van der Waals surface area (Å²) in [4.78, 5) is 40.2. The largest absolute Gasteiger partial charge is 0.481 e. The number of aromatic nitrogens is 1. The van der Waals surface area contributed by atoms with E-state index in [0.717, 1.165) is 6.54 Å². The van der Waals surface area contributed by atoms with E-state index in [2.05, 4.69) is 29.0 Å². The summed E-state index contributed by atoms with van der Waals surface area (Å²) in [7, 11) is 0. The number of likely N-dealkylation sites (tertiary alicyclic amines) is 1. The molecule has 0 radical (unpaired) electrons. The van der Waals surface area contributed by atoms with Gasteiger partial charge in [0.2, 0.25) is 0 Å². The van der Waals surface area contributed by atoms with E-state index in [1.807, 2.05) is 0 Å². The third-order valence-electron chi connectivity index (χ3n) is 4.78. The molecule has 2 heterocycles. The van der Waals surface area contributed by atoms with Crippen LogP contribution in [0.1, 0.15) is 42.7 Å². The summed E-state index contributed by atoms with van der Waals surface area (Å²) in [5, 5.41) is 11.8. The summed E-state index contributed by atoms with van der Waals surface area (Å²) in [6.07, 6.45) is 2.20. The van der Waals surface area contributed by atoms with Gasteiger partial charge in [0.15, 0.2) is 5.43 Å². The van der Waals surface area contributed by atoms with E-state index in [1.165, 1.54) is 12.3 Å². The average molecular weight is 386 g/mol. The van der Waals surface area contributed by atoms with Gasteiger partial charge in [0.25, 0.3) is 5.91 Å². The maximum atomic E-state index is 12.5. The van der Waals surface area contributed by atoms with Crippen molar-refractivity contribution in [1.82, 2.24) is 15.2 Å². The molecular formula is C18H28ClN3O4. The van der Waals surface area contributed by atoms with Crippen LogP contribution in [0.3, 0.4) is 0 Å². The normalized spacial score (nSPS) is 20.0. The fourth-order valence-corrected chi connectivity index (χ4v) is 3.37. The van der Waals surface area contributed by atoms with Crippen molar-refractivity contribution in [2.24, 2.45) is 11.8 Å². The van der Waals surface area contributed by atoms with Gasteiger partial charge in [-0.25, -0.2) is 0 Å². The van der Waals surface area contributed by atoms with Gasteiger partial charge in [-0.05, 0) is 31.7 Å². The molecule has 1 aromatic heterocycles. The lowest BCUT2D eigenvalue weighted by atomic mass is 9.91. The summed E-state index contributed by atoms with van der Waals surface area (Å²) >= 11 is 0. The highest BCUT2D eigenvalue weighted by Gasteiger charge is 2.35. The third-order valence-corrected chi connectivity index (χ3v) is 4.78. The minimum atomic E-state index is -0.789. The third kappa shape index (κ3) is 5.85. The Hall–Kier alpha value is -1.86. The van der Waals surface area contributed by atoms with Crippen molar-refractivity contribution >= 4 is 24.3 Å². The lowest BCUT2D eigenvalue weighted by Crippen LogP contribution is -2.43. The van der Waals surface area contributed by atoms with Crippen LogP contribution in [0.15, 0.2) is 17.1 Å². The predicted molar refractivity (Wildman–Crippen MR) is 102 cm³/mol. The second-order valence-corrected chi connectivity index (χ2v) is 7.14. The van der Waals surface area contributed by atoms with Gasteiger partial charge in [-0.1, -0.05) is 13.8 Å². The van der Waals surface area contributed by atoms with Gasteiger partial charge in [-0.15, -0.1) is 12.4 Å². The van der Waals surface area contributed by atoms with Gasteiger partial charge in [0.05, 0.1) is 0 Å². The van der Waals surface area contributed by atoms with Gasteiger partial charge < -0.3 is 20.3 Å². The Kier molecular flexibility index (Phi) is 8.30. The van der Waals surface area contributed by atoms with Crippen molar-refractivity contribution in [3.63, 3.8) is 0 Å². The summed E-state index contributed by atoms with van der Waals surface area (Å²) in [5.41, 5.74) is 0.552. The Labute approximate surface area is 159 Å². The maximum Gasteiger partial charge on any atom is 0.303 e. The molecule has 8 heteroatoms. The van der Waals surface area contributed by atoms with Gasteiger partial charge in [0, 0.05) is 43.5 Å². The van der Waals surface area contributed by atoms with Crippen molar-refractivity contribution in [2.75, 3.05) is 19.6 Å². The molecule has 7 nitrogen and oxygen atoms in total. The van der Waals surface area contributed by atoms with E-state index in [9.17, 15) is 14.4 Å². The van der Waals surface area contributed by atoms with Crippen LogP contribution in [0.4, 0.5) is 0 Å². The van der Waals surface area contributed by atoms with Crippen LogP contribution in [-0.4, -0.2) is 52.5 Å². The number of rotatable bonds is 7. The zero-order valence-corrected chi connectivity index (χ0v) is 16.3. The van der Waals surface area contributed by atoms with Gasteiger partial charge in [0.1, 0.15) is 5.56 Å². The van der Waals surface area contributed by atoms with Crippen molar-refractivity contribution in [3.05, 3.63) is 33.7 Å². The molecule has 1 amide bonds. The number of carbonyl (C=O) groups is 2. The first-order chi connectivity index (χ1) is 11.8. The number of pyridine rings is 1. The van der Waals surface area contributed by atoms with E-state index in [0.29, 0.717) is 31.1 Å². The minimum Gasteiger partial charge on any atom is -0.481 e. The van der Waals surface area contributed by atoms with Crippen molar-refractivity contribution < 1.29 is 14.7 Å². The molecule has 1 aliphatic rings. The predicted octanol–water partition coefficient (Wildman–Crippen LogP) is 1.66. The second-order valence-electron chi connectivity index (χ2n) is 7.14. The van der Waals surface area contributed by atoms with Gasteiger partial charge in [-0.2, -0.15) is 0 Å². The Morgan fingerprint density at radius 3 is 2.65 bits per heavy atom. The van der Waals surface area contributed by atoms with Crippen molar-refractivity contribution in [3.8, 4) is 0 Å². The number of aliphatic carboxylic acids is 1. The molecule has 0 bridgehead atoms. The Morgan fingerprint density at radius 2 is 2.08 bits per heavy atom. The molecule has 3 N–H and O–H groups in total. The lowest BCUT2D eigenvalue weighted by molar-refractivity contribution is -0.137. The summed E-state index contributed by atoms with van der Waals surface area (Å²) in [6, 6.07) is 1.37. The number of hydrogen-bond donors (Lipinski definition) is 3. The average Bonchev–Trinajstić information content (AvgIpc) is 2.89. The highest BCUT2D eigenvalue weighted by molar-refractivity contribution is 5.94. The monoisotopic (exact) mass is 385 g/mol. The Morgan fingerprint density at radius 1 is 1.38 bits per heavy atom. The standard InChI is InChI=1S/C18H27N3O4.ClH/c1-11(2)14-9-21(6-4-5-17(23)24)10-15(14)20-18(25)13-8-19-12(3)7-16(13)22;/h7-8,11,14-15H,4-6,9-10H2,1-3H3,(H,19,22)(H,20,25)(H,23,24);1H/t14-,15+;/m1./s1. The molecule has 0 saturated carbocycles. The fraction of sp³-hybridized carbons (Fsp3) is 0.611. The summed E-state index contributed by atoms with van der Waals surface area (Å²) < 4.78 is 0. The molecule has 146 valence electrons. The van der Waals surface area contributed by atoms with E-state index in [4.69, 9.17) is 5.11 Å². The molecule has 1 fully saturated rings. The molecule has 1 aliphatic heterocycles. The number of nitrogens with zero attached hydrogens (tertiary/aromatic N) is 1. The van der Waals surface area contributed by atoms with Gasteiger partial charge >= 0.3 is 5.97 Å². The highest BCUT2D eigenvalue weighted by Crippen LogP contribution is 2.25. The molecule has 1 aromatic rings. The molecule has 1 saturated heterocycles. The van der Waals surface area contributed by atoms with Crippen molar-refractivity contribution in [2.45, 2.75) is 39.7 Å². The van der Waals surface area contributed by atoms with E-state index >= 15 is 0 Å². The van der Waals surface area contributed by atoms with E-state index in [-0.39, 0.29) is 47.7 Å². The van der Waals surface area contributed by atoms with Crippen LogP contribution in [0.5, 0.6) is 0 Å². The topological polar surface area (TPSA) is 102 Å². The number of hydrogen-bond acceptors (Lipinski definition) is 4. The molecule has 2 rings (SSSR count). The smallest absolute Gasteiger partial charge is 0.303 e. The molecule has 0 spiro atoms. The number of amides is 1. The molecule has 0 aliphatic carbocycles. The molecular weight excluding hydrogens is 358 g/mol. The van der Waals surface area contributed by atoms with E-state index < -0.39 is 5.97 Å². The zero-order chi connectivity index (χ0) is 18.6. The minimum absolute atomic E-state index is 0. The molecule has 0 aromatic carbocycles. The quantitative estimate of drug-likeness (QED) is 0.662. The first-order valence-corrected chi connectivity index (χ1v) is 8.72. The number of carboxylic acid groups (broad SMARTS) is 1. The number of carbonyl (C=O) groups excluding carboxylic acids is 1. The number of halogens is 1. The first-order valence-electron chi connectivity index (χ1n) is 8.72. The Bertz CT molecular complexity index is 689. The number of nitrogens with one attached hydrogen (secondary N) is 2. The van der Waals surface area contributed by atoms with E-state index in [1.54, 1.807) is 6.92 Å². The fourth-order valence-electron chi connectivity index (χ4n) is 3.37. The first kappa shape index (κ1) is 22.2. The molecule has 2 atom stereocenters. The van der Waals surface area contributed by atoms with Crippen LogP contribution in [0.25, 0.3) is 0 Å². The van der Waals surface area contributed by atoms with Crippen molar-refractivity contribution in [1.29, 1.82) is 0 Å². The Balaban J connectivity index is 0.00000338. The number of H-pyrrole nitrogens is 1.